The maximum atomic E-state index is 13.0. The Morgan fingerprint density at radius 2 is 2.00 bits per heavy atom. The first-order valence-electron chi connectivity index (χ1n) is 9.13. The normalized spacial score (nSPS) is 12.3. The highest BCUT2D eigenvalue weighted by atomic mass is 16.5. The monoisotopic (exact) mass is 368 g/mol. The van der Waals surface area contributed by atoms with Crippen LogP contribution >= 0.6 is 0 Å². The zero-order valence-corrected chi connectivity index (χ0v) is 16.3. The first-order valence-corrected chi connectivity index (χ1v) is 9.13. The summed E-state index contributed by atoms with van der Waals surface area (Å²) in [6.07, 6.45) is 1.23. The highest BCUT2D eigenvalue weighted by Gasteiger charge is 2.25. The van der Waals surface area contributed by atoms with Gasteiger partial charge in [0.1, 0.15) is 11.8 Å². The summed E-state index contributed by atoms with van der Waals surface area (Å²) >= 11 is 0. The van der Waals surface area contributed by atoms with E-state index < -0.39 is 11.6 Å². The van der Waals surface area contributed by atoms with Crippen LogP contribution in [0, 0.1) is 20.8 Å². The molecule has 0 aliphatic rings. The van der Waals surface area contributed by atoms with Crippen molar-refractivity contribution >= 4 is 22.5 Å². The lowest BCUT2D eigenvalue weighted by Crippen LogP contribution is -2.35. The van der Waals surface area contributed by atoms with Gasteiger partial charge in [0.15, 0.2) is 5.52 Å². The molecule has 3 aromatic rings. The topological polar surface area (TPSA) is 90.0 Å². The molecule has 7 nitrogen and oxygen atoms in total. The Bertz CT molecular complexity index is 1070. The van der Waals surface area contributed by atoms with Crippen molar-refractivity contribution in [2.45, 2.75) is 53.5 Å². The summed E-state index contributed by atoms with van der Waals surface area (Å²) in [5.41, 5.74) is 3.23. The van der Waals surface area contributed by atoms with Crippen LogP contribution in [0.3, 0.4) is 0 Å². The Morgan fingerprint density at radius 3 is 2.67 bits per heavy atom. The van der Waals surface area contributed by atoms with E-state index in [1.54, 1.807) is 13.8 Å². The van der Waals surface area contributed by atoms with E-state index >= 15 is 0 Å². The molecule has 0 saturated carbocycles. The lowest BCUT2D eigenvalue weighted by molar-refractivity contribution is -0.119. The Labute approximate surface area is 157 Å². The molecule has 0 aliphatic carbocycles. The zero-order chi connectivity index (χ0) is 19.7. The number of aryl methyl sites for hydroxylation is 4. The number of benzene rings is 1. The summed E-state index contributed by atoms with van der Waals surface area (Å²) in [4.78, 5) is 25.9. The smallest absolute Gasteiger partial charge is 0.297 e. The van der Waals surface area contributed by atoms with E-state index in [1.807, 2.05) is 39.0 Å². The van der Waals surface area contributed by atoms with E-state index in [4.69, 9.17) is 4.52 Å². The molecule has 2 heterocycles. The molecule has 3 rings (SSSR count). The number of hydrogen-bond acceptors (Lipinski definition) is 5. The van der Waals surface area contributed by atoms with Gasteiger partial charge in [0, 0.05) is 5.69 Å². The Hall–Kier alpha value is -2.96. The standard InChI is InChI=1S/C20H24N4O3/c1-6-14-10-8-9-11(3)17(14)21-19(25)15(7-2)24-20(26)18-16(12(4)22-24)13(5)27-23-18/h8-10,15H,6-7H2,1-5H3,(H,21,25)/t15-/m1/s1. The van der Waals surface area contributed by atoms with Gasteiger partial charge in [-0.2, -0.15) is 5.10 Å². The molecule has 1 atom stereocenters. The fraction of sp³-hybridized carbons (Fsp3) is 0.400. The van der Waals surface area contributed by atoms with Crippen LogP contribution in [0.4, 0.5) is 5.69 Å². The third-order valence-electron chi connectivity index (χ3n) is 4.87. The van der Waals surface area contributed by atoms with Gasteiger partial charge >= 0.3 is 0 Å². The zero-order valence-electron chi connectivity index (χ0n) is 16.3. The van der Waals surface area contributed by atoms with Gasteiger partial charge in [0.05, 0.1) is 11.1 Å². The molecule has 0 unspecified atom stereocenters. The van der Waals surface area contributed by atoms with Crippen LogP contribution in [0.25, 0.3) is 10.9 Å². The maximum Gasteiger partial charge on any atom is 0.297 e. The number of carbonyl (C=O) groups is 1. The average Bonchev–Trinajstić information content (AvgIpc) is 3.04. The van der Waals surface area contributed by atoms with Crippen molar-refractivity contribution in [3.63, 3.8) is 0 Å². The van der Waals surface area contributed by atoms with Crippen molar-refractivity contribution < 1.29 is 9.32 Å². The SMILES string of the molecule is CCc1cccc(C)c1NC(=O)[C@@H](CC)n1nc(C)c2c(C)onc2c1=O. The van der Waals surface area contributed by atoms with Crippen LogP contribution in [0.2, 0.25) is 0 Å². The van der Waals surface area contributed by atoms with E-state index in [-0.39, 0.29) is 11.4 Å². The molecule has 142 valence electrons. The molecule has 1 aromatic carbocycles. The van der Waals surface area contributed by atoms with Gasteiger partial charge in [-0.05, 0) is 44.7 Å². The highest BCUT2D eigenvalue weighted by Crippen LogP contribution is 2.24. The number of rotatable bonds is 5. The van der Waals surface area contributed by atoms with E-state index in [0.29, 0.717) is 23.3 Å². The Balaban J connectivity index is 2.03. The number of nitrogens with one attached hydrogen (secondary N) is 1. The predicted octanol–water partition coefficient (Wildman–Crippen LogP) is 3.46. The quantitative estimate of drug-likeness (QED) is 0.745. The minimum absolute atomic E-state index is 0.205. The maximum absolute atomic E-state index is 13.0. The Morgan fingerprint density at radius 1 is 1.26 bits per heavy atom. The third kappa shape index (κ3) is 3.25. The number of fused-ring (bicyclic) bond motifs is 1. The number of aromatic nitrogens is 3. The van der Waals surface area contributed by atoms with Gasteiger partial charge < -0.3 is 9.84 Å². The molecule has 1 N–H and O–H groups in total. The largest absolute Gasteiger partial charge is 0.360 e. The van der Waals surface area contributed by atoms with Gasteiger partial charge in [-0.1, -0.05) is 37.2 Å². The van der Waals surface area contributed by atoms with E-state index in [9.17, 15) is 9.59 Å². The summed E-state index contributed by atoms with van der Waals surface area (Å²) in [6, 6.07) is 5.18. The van der Waals surface area contributed by atoms with Crippen LogP contribution in [0.1, 0.15) is 48.9 Å². The van der Waals surface area contributed by atoms with E-state index in [2.05, 4.69) is 15.6 Å². The highest BCUT2D eigenvalue weighted by molar-refractivity contribution is 5.95. The van der Waals surface area contributed by atoms with Gasteiger partial charge in [-0.25, -0.2) is 4.68 Å². The second-order valence-electron chi connectivity index (χ2n) is 6.67. The van der Waals surface area contributed by atoms with Crippen LogP contribution in [-0.4, -0.2) is 20.8 Å². The molecule has 0 saturated heterocycles. The van der Waals surface area contributed by atoms with Crippen molar-refractivity contribution in [2.24, 2.45) is 0 Å². The molecule has 0 radical (unpaired) electrons. The Kier molecular flexibility index (Phi) is 5.12. The molecule has 0 aliphatic heterocycles. The summed E-state index contributed by atoms with van der Waals surface area (Å²) in [7, 11) is 0. The molecular formula is C20H24N4O3. The molecule has 1 amide bonds. The molecule has 0 bridgehead atoms. The first kappa shape index (κ1) is 18.8. The van der Waals surface area contributed by atoms with Crippen molar-refractivity contribution in [1.29, 1.82) is 0 Å². The number of hydrogen-bond donors (Lipinski definition) is 1. The number of anilines is 1. The van der Waals surface area contributed by atoms with Crippen LogP contribution in [0.5, 0.6) is 0 Å². The number of para-hydroxylation sites is 1. The van der Waals surface area contributed by atoms with Gasteiger partial charge in [-0.15, -0.1) is 0 Å². The average molecular weight is 368 g/mol. The summed E-state index contributed by atoms with van der Waals surface area (Å²) in [6.45, 7) is 9.36. The fourth-order valence-electron chi connectivity index (χ4n) is 3.40. The third-order valence-corrected chi connectivity index (χ3v) is 4.87. The number of carbonyl (C=O) groups excluding carboxylic acids is 1. The lowest BCUT2D eigenvalue weighted by atomic mass is 10.1. The molecule has 0 spiro atoms. The first-order chi connectivity index (χ1) is 12.9. The number of nitrogens with zero attached hydrogens (tertiary/aromatic N) is 3. The second-order valence-corrected chi connectivity index (χ2v) is 6.67. The summed E-state index contributed by atoms with van der Waals surface area (Å²) in [5, 5.41) is 11.8. The van der Waals surface area contributed by atoms with Gasteiger partial charge in [0.2, 0.25) is 5.91 Å². The van der Waals surface area contributed by atoms with Crippen molar-refractivity contribution in [1.82, 2.24) is 14.9 Å². The molecule has 7 heteroatoms. The fourth-order valence-corrected chi connectivity index (χ4v) is 3.40. The van der Waals surface area contributed by atoms with Gasteiger partial charge in [-0.3, -0.25) is 9.59 Å². The van der Waals surface area contributed by atoms with E-state index in [1.165, 1.54) is 4.68 Å². The molecule has 2 aromatic heterocycles. The predicted molar refractivity (Wildman–Crippen MR) is 104 cm³/mol. The van der Waals surface area contributed by atoms with Crippen LogP contribution in [0.15, 0.2) is 27.5 Å². The molecule has 27 heavy (non-hydrogen) atoms. The minimum atomic E-state index is -0.734. The van der Waals surface area contributed by atoms with Crippen LogP contribution < -0.4 is 10.9 Å². The lowest BCUT2D eigenvalue weighted by Gasteiger charge is -2.19. The molecule has 0 fully saturated rings. The summed E-state index contributed by atoms with van der Waals surface area (Å²) < 4.78 is 6.36. The molecular weight excluding hydrogens is 344 g/mol. The van der Waals surface area contributed by atoms with Crippen molar-refractivity contribution in [3.8, 4) is 0 Å². The van der Waals surface area contributed by atoms with Crippen LogP contribution in [-0.2, 0) is 11.2 Å². The van der Waals surface area contributed by atoms with Gasteiger partial charge in [0.25, 0.3) is 5.56 Å². The minimum Gasteiger partial charge on any atom is -0.360 e. The number of amides is 1. The van der Waals surface area contributed by atoms with Crippen molar-refractivity contribution in [3.05, 3.63) is 51.1 Å². The second kappa shape index (κ2) is 7.34. The van der Waals surface area contributed by atoms with Crippen molar-refractivity contribution in [2.75, 3.05) is 5.32 Å². The summed E-state index contributed by atoms with van der Waals surface area (Å²) in [5.74, 6) is 0.277. The van der Waals surface area contributed by atoms with E-state index in [0.717, 1.165) is 23.2 Å².